The molecule has 5 heteroatoms. The highest BCUT2D eigenvalue weighted by Crippen LogP contribution is 1.93. The van der Waals surface area contributed by atoms with Crippen molar-refractivity contribution >= 4 is 11.9 Å². The first-order valence-electron chi connectivity index (χ1n) is 6.78. The van der Waals surface area contributed by atoms with Gasteiger partial charge in [-0.2, -0.15) is 0 Å². The molecule has 0 aromatic heterocycles. The predicted molar refractivity (Wildman–Crippen MR) is 71.3 cm³/mol. The number of carbonyl (C=O) groups is 2. The van der Waals surface area contributed by atoms with E-state index in [1.807, 2.05) is 0 Å². The Kier molecular flexibility index (Phi) is 10.3. The van der Waals surface area contributed by atoms with Crippen LogP contribution in [0.1, 0.15) is 40.0 Å². The van der Waals surface area contributed by atoms with E-state index in [2.05, 4.69) is 24.1 Å². The summed E-state index contributed by atoms with van der Waals surface area (Å²) in [4.78, 5) is 24.8. The van der Waals surface area contributed by atoms with Crippen LogP contribution in [0.15, 0.2) is 0 Å². The summed E-state index contributed by atoms with van der Waals surface area (Å²) in [7, 11) is 0. The van der Waals surface area contributed by atoms with E-state index >= 15 is 0 Å². The van der Waals surface area contributed by atoms with Crippen LogP contribution in [0, 0.1) is 0 Å². The third-order valence-electron chi connectivity index (χ3n) is 2.60. The Morgan fingerprint density at radius 1 is 1.11 bits per heavy atom. The number of rotatable bonds is 10. The third kappa shape index (κ3) is 8.98. The first-order valence-corrected chi connectivity index (χ1v) is 6.78. The first kappa shape index (κ1) is 16.9. The number of ether oxygens (including phenoxy) is 1. The van der Waals surface area contributed by atoms with Crippen LogP contribution >= 0.6 is 0 Å². The number of hydrogen-bond acceptors (Lipinski definition) is 4. The summed E-state index contributed by atoms with van der Waals surface area (Å²) in [5.74, 6) is -0.399. The van der Waals surface area contributed by atoms with E-state index in [0.29, 0.717) is 13.2 Å². The average Bonchev–Trinajstić information content (AvgIpc) is 2.35. The molecule has 0 heterocycles. The van der Waals surface area contributed by atoms with Crippen LogP contribution in [-0.4, -0.2) is 49.6 Å². The zero-order chi connectivity index (χ0) is 13.8. The molecule has 0 atom stereocenters. The van der Waals surface area contributed by atoms with Gasteiger partial charge in [0, 0.05) is 19.5 Å². The quantitative estimate of drug-likeness (QED) is 0.598. The van der Waals surface area contributed by atoms with E-state index in [1.165, 1.54) is 0 Å². The molecular formula is C13H26N2O3. The van der Waals surface area contributed by atoms with Crippen molar-refractivity contribution in [3.8, 4) is 0 Å². The monoisotopic (exact) mass is 258 g/mol. The fourth-order valence-electron chi connectivity index (χ4n) is 1.63. The van der Waals surface area contributed by atoms with Crippen LogP contribution in [-0.2, 0) is 14.3 Å². The van der Waals surface area contributed by atoms with Crippen molar-refractivity contribution < 1.29 is 14.3 Å². The summed E-state index contributed by atoms with van der Waals surface area (Å²) in [6.07, 6.45) is 1.48. The van der Waals surface area contributed by atoms with Gasteiger partial charge in [-0.05, 0) is 26.4 Å². The minimum absolute atomic E-state index is 0.0874. The second-order valence-electron chi connectivity index (χ2n) is 4.09. The van der Waals surface area contributed by atoms with Crippen molar-refractivity contribution in [1.82, 2.24) is 10.2 Å². The van der Waals surface area contributed by atoms with Gasteiger partial charge in [-0.25, -0.2) is 0 Å². The van der Waals surface area contributed by atoms with E-state index in [0.717, 1.165) is 26.1 Å². The number of likely N-dealkylation sites (N-methyl/N-ethyl adjacent to an activating group) is 1. The summed E-state index contributed by atoms with van der Waals surface area (Å²) in [6, 6.07) is 0. The molecule has 1 amide bonds. The SMILES string of the molecule is CCCN(CC)CCNC(=O)CCC(=O)OCC. The summed E-state index contributed by atoms with van der Waals surface area (Å²) in [5.41, 5.74) is 0. The summed E-state index contributed by atoms with van der Waals surface area (Å²) in [6.45, 7) is 9.90. The summed E-state index contributed by atoms with van der Waals surface area (Å²) < 4.78 is 4.76. The largest absolute Gasteiger partial charge is 0.466 e. The Morgan fingerprint density at radius 2 is 1.83 bits per heavy atom. The Hall–Kier alpha value is -1.10. The Labute approximate surface area is 110 Å². The van der Waals surface area contributed by atoms with Gasteiger partial charge in [0.15, 0.2) is 0 Å². The van der Waals surface area contributed by atoms with E-state index in [-0.39, 0.29) is 24.7 Å². The highest BCUT2D eigenvalue weighted by molar-refractivity contribution is 5.81. The Balaban J connectivity index is 3.61. The maximum atomic E-state index is 11.4. The molecule has 0 aliphatic heterocycles. The molecule has 106 valence electrons. The molecule has 0 fully saturated rings. The lowest BCUT2D eigenvalue weighted by atomic mass is 10.3. The van der Waals surface area contributed by atoms with Crippen LogP contribution in [0.4, 0.5) is 0 Å². The fourth-order valence-corrected chi connectivity index (χ4v) is 1.63. The van der Waals surface area contributed by atoms with E-state index < -0.39 is 0 Å². The average molecular weight is 258 g/mol. The molecule has 0 bridgehead atoms. The lowest BCUT2D eigenvalue weighted by molar-refractivity contribution is -0.144. The molecule has 0 unspecified atom stereocenters. The zero-order valence-electron chi connectivity index (χ0n) is 11.8. The van der Waals surface area contributed by atoms with Gasteiger partial charge in [0.2, 0.25) is 5.91 Å². The normalized spacial score (nSPS) is 10.4. The predicted octanol–water partition coefficient (Wildman–Crippen LogP) is 1.18. The Bertz CT molecular complexity index is 244. The minimum Gasteiger partial charge on any atom is -0.466 e. The number of esters is 1. The van der Waals surface area contributed by atoms with Crippen molar-refractivity contribution in [3.63, 3.8) is 0 Å². The lowest BCUT2D eigenvalue weighted by Gasteiger charge is -2.19. The molecule has 0 spiro atoms. The van der Waals surface area contributed by atoms with Gasteiger partial charge in [-0.15, -0.1) is 0 Å². The summed E-state index contributed by atoms with van der Waals surface area (Å²) >= 11 is 0. The van der Waals surface area contributed by atoms with Crippen LogP contribution in [0.3, 0.4) is 0 Å². The molecule has 0 saturated heterocycles. The van der Waals surface area contributed by atoms with Crippen molar-refractivity contribution in [2.24, 2.45) is 0 Å². The van der Waals surface area contributed by atoms with Crippen LogP contribution < -0.4 is 5.32 Å². The Morgan fingerprint density at radius 3 is 2.39 bits per heavy atom. The van der Waals surface area contributed by atoms with Crippen LogP contribution in [0.25, 0.3) is 0 Å². The van der Waals surface area contributed by atoms with Gasteiger partial charge in [-0.3, -0.25) is 9.59 Å². The molecule has 0 saturated carbocycles. The van der Waals surface area contributed by atoms with E-state index in [4.69, 9.17) is 4.74 Å². The molecule has 0 aromatic carbocycles. The van der Waals surface area contributed by atoms with Gasteiger partial charge >= 0.3 is 5.97 Å². The highest BCUT2D eigenvalue weighted by atomic mass is 16.5. The van der Waals surface area contributed by atoms with Crippen LogP contribution in [0.5, 0.6) is 0 Å². The van der Waals surface area contributed by atoms with Crippen LogP contribution in [0.2, 0.25) is 0 Å². The van der Waals surface area contributed by atoms with Gasteiger partial charge in [0.05, 0.1) is 13.0 Å². The standard InChI is InChI=1S/C13H26N2O3/c1-4-10-15(5-2)11-9-14-12(16)7-8-13(17)18-6-3/h4-11H2,1-3H3,(H,14,16). The van der Waals surface area contributed by atoms with E-state index in [9.17, 15) is 9.59 Å². The van der Waals surface area contributed by atoms with Crippen molar-refractivity contribution in [2.75, 3.05) is 32.8 Å². The van der Waals surface area contributed by atoms with Gasteiger partial charge in [0.25, 0.3) is 0 Å². The topological polar surface area (TPSA) is 58.6 Å². The lowest BCUT2D eigenvalue weighted by Crippen LogP contribution is -2.35. The third-order valence-corrected chi connectivity index (χ3v) is 2.60. The zero-order valence-corrected chi connectivity index (χ0v) is 11.8. The van der Waals surface area contributed by atoms with Gasteiger partial charge in [0.1, 0.15) is 0 Å². The molecular weight excluding hydrogens is 232 g/mol. The smallest absolute Gasteiger partial charge is 0.306 e. The molecule has 1 N–H and O–H groups in total. The molecule has 0 radical (unpaired) electrons. The molecule has 5 nitrogen and oxygen atoms in total. The number of hydrogen-bond donors (Lipinski definition) is 1. The number of nitrogens with zero attached hydrogens (tertiary/aromatic N) is 1. The second kappa shape index (κ2) is 11.0. The number of amides is 1. The molecule has 18 heavy (non-hydrogen) atoms. The minimum atomic E-state index is -0.311. The van der Waals surface area contributed by atoms with Gasteiger partial charge < -0.3 is 15.0 Å². The first-order chi connectivity index (χ1) is 8.63. The molecule has 0 aliphatic carbocycles. The molecule has 0 rings (SSSR count). The van der Waals surface area contributed by atoms with Crippen molar-refractivity contribution in [1.29, 1.82) is 0 Å². The second-order valence-corrected chi connectivity index (χ2v) is 4.09. The van der Waals surface area contributed by atoms with Crippen molar-refractivity contribution in [2.45, 2.75) is 40.0 Å². The van der Waals surface area contributed by atoms with Crippen molar-refractivity contribution in [3.05, 3.63) is 0 Å². The van der Waals surface area contributed by atoms with E-state index in [1.54, 1.807) is 6.92 Å². The number of carbonyl (C=O) groups excluding carboxylic acids is 2. The molecule has 0 aromatic rings. The fraction of sp³-hybridized carbons (Fsp3) is 0.846. The summed E-state index contributed by atoms with van der Waals surface area (Å²) in [5, 5.41) is 2.81. The number of nitrogens with one attached hydrogen (secondary N) is 1. The van der Waals surface area contributed by atoms with Gasteiger partial charge in [-0.1, -0.05) is 13.8 Å². The highest BCUT2D eigenvalue weighted by Gasteiger charge is 2.07. The molecule has 0 aliphatic rings. The maximum Gasteiger partial charge on any atom is 0.306 e. The maximum absolute atomic E-state index is 11.4.